The molecule has 0 aromatic rings. The summed E-state index contributed by atoms with van der Waals surface area (Å²) in [5.74, 6) is 0. The molecule has 1 aliphatic heterocycles. The SMILES string of the molecule is O=CC1CNCCN1.[NaH]. The molecule has 1 heterocycles. The second-order valence-electron chi connectivity index (χ2n) is 1.90. The van der Waals surface area contributed by atoms with Gasteiger partial charge in [0.15, 0.2) is 0 Å². The maximum absolute atomic E-state index is 10.1. The van der Waals surface area contributed by atoms with Gasteiger partial charge in [-0.25, -0.2) is 0 Å². The first-order chi connectivity index (χ1) is 3.93. The topological polar surface area (TPSA) is 41.1 Å². The summed E-state index contributed by atoms with van der Waals surface area (Å²) >= 11 is 0. The summed E-state index contributed by atoms with van der Waals surface area (Å²) in [6.45, 7) is 2.66. The van der Waals surface area contributed by atoms with Gasteiger partial charge < -0.3 is 15.4 Å². The van der Waals surface area contributed by atoms with Crippen LogP contribution in [0.25, 0.3) is 0 Å². The molecule has 1 aliphatic rings. The van der Waals surface area contributed by atoms with E-state index in [-0.39, 0.29) is 35.6 Å². The van der Waals surface area contributed by atoms with Gasteiger partial charge >= 0.3 is 29.6 Å². The number of aldehydes is 1. The third kappa shape index (κ3) is 3.33. The van der Waals surface area contributed by atoms with Crippen LogP contribution >= 0.6 is 0 Å². The Morgan fingerprint density at radius 1 is 1.44 bits per heavy atom. The van der Waals surface area contributed by atoms with Gasteiger partial charge in [-0.3, -0.25) is 0 Å². The van der Waals surface area contributed by atoms with Crippen LogP contribution in [-0.2, 0) is 4.79 Å². The molecule has 0 amide bonds. The summed E-state index contributed by atoms with van der Waals surface area (Å²) in [6, 6.07) is 0.0451. The van der Waals surface area contributed by atoms with Crippen LogP contribution < -0.4 is 10.6 Å². The zero-order valence-corrected chi connectivity index (χ0v) is 4.68. The van der Waals surface area contributed by atoms with Gasteiger partial charge in [0.25, 0.3) is 0 Å². The Balaban J connectivity index is 0.000000640. The summed E-state index contributed by atoms with van der Waals surface area (Å²) in [4.78, 5) is 10.1. The minimum absolute atomic E-state index is 0. The van der Waals surface area contributed by atoms with Crippen LogP contribution in [0.1, 0.15) is 0 Å². The van der Waals surface area contributed by atoms with Crippen LogP contribution in [0.15, 0.2) is 0 Å². The average Bonchev–Trinajstić information content (AvgIpc) is 1.90. The Morgan fingerprint density at radius 2 is 2.22 bits per heavy atom. The summed E-state index contributed by atoms with van der Waals surface area (Å²) in [7, 11) is 0. The molecule has 1 atom stereocenters. The van der Waals surface area contributed by atoms with Crippen LogP contribution in [0.4, 0.5) is 0 Å². The van der Waals surface area contributed by atoms with Crippen molar-refractivity contribution in [1.82, 2.24) is 10.6 Å². The summed E-state index contributed by atoms with van der Waals surface area (Å²) in [5, 5.41) is 6.13. The van der Waals surface area contributed by atoms with Crippen LogP contribution in [0.3, 0.4) is 0 Å². The summed E-state index contributed by atoms with van der Waals surface area (Å²) < 4.78 is 0. The molecule has 0 radical (unpaired) electrons. The Morgan fingerprint density at radius 3 is 2.56 bits per heavy atom. The van der Waals surface area contributed by atoms with E-state index in [9.17, 15) is 4.79 Å². The molecule has 2 N–H and O–H groups in total. The first-order valence-corrected chi connectivity index (χ1v) is 2.83. The van der Waals surface area contributed by atoms with E-state index in [1.165, 1.54) is 0 Å². The van der Waals surface area contributed by atoms with E-state index in [2.05, 4.69) is 10.6 Å². The number of rotatable bonds is 1. The Hall–Kier alpha value is 0.590. The van der Waals surface area contributed by atoms with Gasteiger partial charge in [0.1, 0.15) is 6.29 Å². The number of hydrogen-bond acceptors (Lipinski definition) is 3. The van der Waals surface area contributed by atoms with Crippen LogP contribution in [0.5, 0.6) is 0 Å². The molecule has 9 heavy (non-hydrogen) atoms. The van der Waals surface area contributed by atoms with Crippen molar-refractivity contribution >= 4 is 35.8 Å². The van der Waals surface area contributed by atoms with Crippen molar-refractivity contribution < 1.29 is 4.79 Å². The van der Waals surface area contributed by atoms with Gasteiger partial charge in [0, 0.05) is 19.6 Å². The van der Waals surface area contributed by atoms with Crippen molar-refractivity contribution in [1.29, 1.82) is 0 Å². The molecule has 1 rings (SSSR count). The second kappa shape index (κ2) is 5.38. The van der Waals surface area contributed by atoms with E-state index in [4.69, 9.17) is 0 Å². The van der Waals surface area contributed by atoms with Gasteiger partial charge in [-0.1, -0.05) is 0 Å². The molecule has 3 nitrogen and oxygen atoms in total. The minimum atomic E-state index is 0. The van der Waals surface area contributed by atoms with Crippen LogP contribution in [0.2, 0.25) is 0 Å². The van der Waals surface area contributed by atoms with Gasteiger partial charge in [0.2, 0.25) is 0 Å². The van der Waals surface area contributed by atoms with Gasteiger partial charge in [0.05, 0.1) is 6.04 Å². The molecule has 1 fully saturated rings. The zero-order valence-electron chi connectivity index (χ0n) is 4.68. The quantitative estimate of drug-likeness (QED) is 0.328. The number of carbonyl (C=O) groups is 1. The molecule has 0 bridgehead atoms. The van der Waals surface area contributed by atoms with Crippen LogP contribution in [0, 0.1) is 0 Å². The third-order valence-electron chi connectivity index (χ3n) is 1.24. The normalized spacial score (nSPS) is 26.4. The maximum atomic E-state index is 10.1. The number of carbonyl (C=O) groups excluding carboxylic acids is 1. The molecule has 0 aromatic heterocycles. The van der Waals surface area contributed by atoms with E-state index >= 15 is 0 Å². The molecule has 0 aliphatic carbocycles. The van der Waals surface area contributed by atoms with E-state index < -0.39 is 0 Å². The first-order valence-electron chi connectivity index (χ1n) is 2.83. The molecule has 4 heteroatoms. The zero-order chi connectivity index (χ0) is 5.82. The molecule has 0 aromatic carbocycles. The van der Waals surface area contributed by atoms with Gasteiger partial charge in [-0.15, -0.1) is 0 Å². The van der Waals surface area contributed by atoms with Crippen molar-refractivity contribution in [3.8, 4) is 0 Å². The average molecular weight is 138 g/mol. The first kappa shape index (κ1) is 9.59. The Labute approximate surface area is 76.9 Å². The molecule has 1 saturated heterocycles. The monoisotopic (exact) mass is 138 g/mol. The Bertz CT molecular complexity index is 83.0. The van der Waals surface area contributed by atoms with E-state index in [1.807, 2.05) is 0 Å². The summed E-state index contributed by atoms with van der Waals surface area (Å²) in [6.07, 6.45) is 0.937. The fourth-order valence-corrected chi connectivity index (χ4v) is 0.772. The van der Waals surface area contributed by atoms with E-state index in [0.717, 1.165) is 25.9 Å². The molecule has 48 valence electrons. The molecular weight excluding hydrogens is 127 g/mol. The second-order valence-corrected chi connectivity index (χ2v) is 1.90. The summed E-state index contributed by atoms with van der Waals surface area (Å²) in [5.41, 5.74) is 0. The fourth-order valence-electron chi connectivity index (χ4n) is 0.772. The predicted molar refractivity (Wildman–Crippen MR) is 37.9 cm³/mol. The fraction of sp³-hybridized carbons (Fsp3) is 0.800. The van der Waals surface area contributed by atoms with Crippen LogP contribution in [-0.4, -0.2) is 61.5 Å². The van der Waals surface area contributed by atoms with Crippen molar-refractivity contribution in [2.24, 2.45) is 0 Å². The van der Waals surface area contributed by atoms with Crippen molar-refractivity contribution in [3.63, 3.8) is 0 Å². The van der Waals surface area contributed by atoms with Crippen molar-refractivity contribution in [3.05, 3.63) is 0 Å². The molecule has 0 spiro atoms. The van der Waals surface area contributed by atoms with E-state index in [1.54, 1.807) is 0 Å². The molecule has 0 saturated carbocycles. The number of hydrogen-bond donors (Lipinski definition) is 2. The third-order valence-corrected chi connectivity index (χ3v) is 1.24. The number of piperazine rings is 1. The van der Waals surface area contributed by atoms with E-state index in [0.29, 0.717) is 0 Å². The van der Waals surface area contributed by atoms with Crippen molar-refractivity contribution in [2.75, 3.05) is 19.6 Å². The van der Waals surface area contributed by atoms with Gasteiger partial charge in [-0.2, -0.15) is 0 Å². The Kier molecular flexibility index (Phi) is 5.73. The van der Waals surface area contributed by atoms with Crippen molar-refractivity contribution in [2.45, 2.75) is 6.04 Å². The van der Waals surface area contributed by atoms with Gasteiger partial charge in [-0.05, 0) is 0 Å². The predicted octanol–water partition coefficient (Wildman–Crippen LogP) is -1.90. The molecule has 1 unspecified atom stereocenters. The number of nitrogens with one attached hydrogen (secondary N) is 2. The standard InChI is InChI=1S/C5H10N2O.Na.H/c8-4-5-3-6-1-2-7-5;;/h4-7H,1-3H2;;. The molecular formula is C5H11N2NaO.